The zero-order chi connectivity index (χ0) is 17.3. The van der Waals surface area contributed by atoms with Gasteiger partial charge in [-0.2, -0.15) is 5.26 Å². The Kier molecular flexibility index (Phi) is 4.36. The Morgan fingerprint density at radius 3 is 2.88 bits per heavy atom. The van der Waals surface area contributed by atoms with Crippen LogP contribution in [0.2, 0.25) is 0 Å². The Morgan fingerprint density at radius 2 is 2.17 bits per heavy atom. The molecule has 2 heterocycles. The molecule has 1 aromatic carbocycles. The first kappa shape index (κ1) is 16.2. The number of anilines is 1. The lowest BCUT2D eigenvalue weighted by molar-refractivity contribution is 0.102. The van der Waals surface area contributed by atoms with E-state index in [-0.39, 0.29) is 5.91 Å². The van der Waals surface area contributed by atoms with Gasteiger partial charge in [0.15, 0.2) is 0 Å². The molecule has 1 N–H and O–H groups in total. The summed E-state index contributed by atoms with van der Waals surface area (Å²) in [5, 5.41) is 12.0. The molecule has 0 unspecified atom stereocenters. The summed E-state index contributed by atoms with van der Waals surface area (Å²) in [6, 6.07) is 11.0. The van der Waals surface area contributed by atoms with Gasteiger partial charge in [0.05, 0.1) is 16.9 Å². The van der Waals surface area contributed by atoms with Gasteiger partial charge in [0.1, 0.15) is 17.4 Å². The molecule has 0 fully saturated rings. The number of benzene rings is 1. The Bertz CT molecular complexity index is 985. The van der Waals surface area contributed by atoms with Crippen LogP contribution in [0.4, 0.5) is 5.69 Å². The number of nitrogens with one attached hydrogen (secondary N) is 1. The number of imidazole rings is 1. The van der Waals surface area contributed by atoms with Crippen molar-refractivity contribution in [3.8, 4) is 6.07 Å². The lowest BCUT2D eigenvalue weighted by Crippen LogP contribution is -2.17. The highest BCUT2D eigenvalue weighted by molar-refractivity contribution is 9.10. The quantitative estimate of drug-likeness (QED) is 0.741. The van der Waals surface area contributed by atoms with Crippen LogP contribution in [-0.4, -0.2) is 15.3 Å². The molecule has 0 radical (unpaired) electrons. The summed E-state index contributed by atoms with van der Waals surface area (Å²) in [5.74, 6) is -0.278. The summed E-state index contributed by atoms with van der Waals surface area (Å²) in [5.41, 5.74) is 3.88. The minimum absolute atomic E-state index is 0.278. The Hall–Kier alpha value is -2.65. The van der Waals surface area contributed by atoms with Crippen LogP contribution < -0.4 is 5.32 Å². The van der Waals surface area contributed by atoms with Gasteiger partial charge in [-0.1, -0.05) is 19.1 Å². The predicted molar refractivity (Wildman–Crippen MR) is 96.1 cm³/mol. The number of para-hydroxylation sites is 1. The molecule has 2 aromatic heterocycles. The predicted octanol–water partition coefficient (Wildman–Crippen LogP) is 4.09. The molecule has 6 heteroatoms. The van der Waals surface area contributed by atoms with E-state index in [1.165, 1.54) is 0 Å². The van der Waals surface area contributed by atoms with Crippen LogP contribution in [0.15, 0.2) is 41.0 Å². The second-order valence-corrected chi connectivity index (χ2v) is 6.32. The van der Waals surface area contributed by atoms with Crippen LogP contribution in [0.25, 0.3) is 5.65 Å². The van der Waals surface area contributed by atoms with Crippen molar-refractivity contribution in [2.24, 2.45) is 0 Å². The lowest BCUT2D eigenvalue weighted by Gasteiger charge is -2.08. The second-order valence-electron chi connectivity index (χ2n) is 5.41. The topological polar surface area (TPSA) is 70.2 Å². The lowest BCUT2D eigenvalue weighted by atomic mass is 10.2. The van der Waals surface area contributed by atoms with Gasteiger partial charge in [0.25, 0.3) is 5.91 Å². The van der Waals surface area contributed by atoms with Gasteiger partial charge in [-0.25, -0.2) is 4.98 Å². The zero-order valence-electron chi connectivity index (χ0n) is 13.3. The number of carbonyl (C=O) groups excluding carboxylic acids is 1. The van der Waals surface area contributed by atoms with Crippen LogP contribution in [0, 0.1) is 18.3 Å². The maximum absolute atomic E-state index is 12.9. The molecule has 24 heavy (non-hydrogen) atoms. The number of hydrogen-bond donors (Lipinski definition) is 1. The molecule has 3 aromatic rings. The number of hydrogen-bond acceptors (Lipinski definition) is 3. The molecule has 0 spiro atoms. The average Bonchev–Trinajstić information content (AvgIpc) is 2.94. The van der Waals surface area contributed by atoms with Crippen molar-refractivity contribution >= 4 is 33.2 Å². The van der Waals surface area contributed by atoms with Crippen molar-refractivity contribution in [1.82, 2.24) is 9.38 Å². The van der Waals surface area contributed by atoms with E-state index in [9.17, 15) is 10.1 Å². The molecule has 0 saturated carbocycles. The number of fused-ring (bicyclic) bond motifs is 1. The van der Waals surface area contributed by atoms with Gasteiger partial charge in [0.2, 0.25) is 0 Å². The summed E-state index contributed by atoms with van der Waals surface area (Å²) < 4.78 is 2.67. The highest BCUT2D eigenvalue weighted by Crippen LogP contribution is 2.23. The molecule has 120 valence electrons. The van der Waals surface area contributed by atoms with Crippen molar-refractivity contribution in [2.45, 2.75) is 20.3 Å². The summed E-state index contributed by atoms with van der Waals surface area (Å²) in [4.78, 5) is 17.5. The van der Waals surface area contributed by atoms with Crippen molar-refractivity contribution in [3.05, 3.63) is 63.5 Å². The first-order valence-electron chi connectivity index (χ1n) is 7.52. The van der Waals surface area contributed by atoms with Crippen LogP contribution in [0.3, 0.4) is 0 Å². The molecule has 5 nitrogen and oxygen atoms in total. The minimum atomic E-state index is -0.278. The number of halogens is 1. The number of carbonyl (C=O) groups is 1. The number of nitriles is 1. The molecular weight excluding hydrogens is 368 g/mol. The molecule has 0 aliphatic carbocycles. The Morgan fingerprint density at radius 1 is 1.42 bits per heavy atom. The fourth-order valence-electron chi connectivity index (χ4n) is 2.67. The summed E-state index contributed by atoms with van der Waals surface area (Å²) in [7, 11) is 0. The number of pyridine rings is 1. The monoisotopic (exact) mass is 382 g/mol. The number of rotatable bonds is 3. The van der Waals surface area contributed by atoms with Gasteiger partial charge >= 0.3 is 0 Å². The van der Waals surface area contributed by atoms with Crippen LogP contribution >= 0.6 is 15.9 Å². The first-order chi connectivity index (χ1) is 11.5. The minimum Gasteiger partial charge on any atom is -0.319 e. The average molecular weight is 383 g/mol. The number of aromatic nitrogens is 2. The van der Waals surface area contributed by atoms with Crippen LogP contribution in [0.5, 0.6) is 0 Å². The molecule has 0 aliphatic rings. The van der Waals surface area contributed by atoms with Gasteiger partial charge in [0, 0.05) is 10.7 Å². The normalized spacial score (nSPS) is 10.6. The van der Waals surface area contributed by atoms with Gasteiger partial charge in [-0.15, -0.1) is 0 Å². The zero-order valence-corrected chi connectivity index (χ0v) is 14.9. The standard InChI is InChI=1S/C18H15BrN4O/c1-3-14-16(23-10-13(19)8-11(2)17(23)21-14)18(24)22-15-7-5-4-6-12(15)9-20/h4-8,10H,3H2,1-2H3,(H,22,24). The number of nitrogens with zero attached hydrogens (tertiary/aromatic N) is 3. The Balaban J connectivity index is 2.11. The van der Waals surface area contributed by atoms with Gasteiger partial charge in [-0.05, 0) is 53.0 Å². The largest absolute Gasteiger partial charge is 0.319 e. The summed E-state index contributed by atoms with van der Waals surface area (Å²) in [6.45, 7) is 3.92. The highest BCUT2D eigenvalue weighted by Gasteiger charge is 2.20. The van der Waals surface area contributed by atoms with Crippen LogP contribution in [0.1, 0.15) is 34.2 Å². The second kappa shape index (κ2) is 6.46. The van der Waals surface area contributed by atoms with Gasteiger partial charge < -0.3 is 5.32 Å². The van der Waals surface area contributed by atoms with E-state index in [4.69, 9.17) is 0 Å². The van der Waals surface area contributed by atoms with E-state index in [0.717, 1.165) is 21.4 Å². The fourth-order valence-corrected chi connectivity index (χ4v) is 3.22. The molecule has 0 saturated heterocycles. The van der Waals surface area contributed by atoms with E-state index < -0.39 is 0 Å². The molecule has 0 bridgehead atoms. The van der Waals surface area contributed by atoms with E-state index >= 15 is 0 Å². The summed E-state index contributed by atoms with van der Waals surface area (Å²) >= 11 is 3.46. The van der Waals surface area contributed by atoms with E-state index in [1.54, 1.807) is 28.7 Å². The maximum Gasteiger partial charge on any atom is 0.274 e. The van der Waals surface area contributed by atoms with Crippen molar-refractivity contribution in [3.63, 3.8) is 0 Å². The van der Waals surface area contributed by atoms with E-state index in [1.807, 2.05) is 26.1 Å². The smallest absolute Gasteiger partial charge is 0.274 e. The third-order valence-electron chi connectivity index (χ3n) is 3.79. The summed E-state index contributed by atoms with van der Waals surface area (Å²) in [6.07, 6.45) is 2.47. The Labute approximate surface area is 148 Å². The molecule has 0 atom stereocenters. The number of amides is 1. The fraction of sp³-hybridized carbons (Fsp3) is 0.167. The van der Waals surface area contributed by atoms with Crippen molar-refractivity contribution in [2.75, 3.05) is 5.32 Å². The third kappa shape index (κ3) is 2.79. The van der Waals surface area contributed by atoms with Crippen LogP contribution in [-0.2, 0) is 6.42 Å². The maximum atomic E-state index is 12.9. The molecule has 0 aliphatic heterocycles. The van der Waals surface area contributed by atoms with Gasteiger partial charge in [-0.3, -0.25) is 9.20 Å². The van der Waals surface area contributed by atoms with E-state index in [2.05, 4.69) is 32.3 Å². The molecule has 3 rings (SSSR count). The third-order valence-corrected chi connectivity index (χ3v) is 4.22. The molecule has 1 amide bonds. The highest BCUT2D eigenvalue weighted by atomic mass is 79.9. The SMILES string of the molecule is CCc1nc2c(C)cc(Br)cn2c1C(=O)Nc1ccccc1C#N. The van der Waals surface area contributed by atoms with Crippen molar-refractivity contribution < 1.29 is 4.79 Å². The first-order valence-corrected chi connectivity index (χ1v) is 8.32. The number of aryl methyl sites for hydroxylation is 2. The van der Waals surface area contributed by atoms with Crippen molar-refractivity contribution in [1.29, 1.82) is 5.26 Å². The molecular formula is C18H15BrN4O. The van der Waals surface area contributed by atoms with E-state index in [0.29, 0.717) is 23.4 Å².